The second-order valence-electron chi connectivity index (χ2n) is 17.2. The van der Waals surface area contributed by atoms with Crippen molar-refractivity contribution in [1.29, 1.82) is 0 Å². The van der Waals surface area contributed by atoms with Crippen LogP contribution in [0.5, 0.6) is 0 Å². The van der Waals surface area contributed by atoms with E-state index in [9.17, 15) is 0 Å². The highest BCUT2D eigenvalue weighted by Gasteiger charge is 2.22. The van der Waals surface area contributed by atoms with Gasteiger partial charge in [0.15, 0.2) is 0 Å². The van der Waals surface area contributed by atoms with Crippen LogP contribution in [0, 0.1) is 0 Å². The minimum atomic E-state index is 0.884. The van der Waals surface area contributed by atoms with Crippen LogP contribution in [0.1, 0.15) is 0 Å². The van der Waals surface area contributed by atoms with Gasteiger partial charge in [0.05, 0.1) is 22.4 Å². The summed E-state index contributed by atoms with van der Waals surface area (Å²) in [4.78, 5) is 2.38. The molecule has 3 heteroatoms. The Morgan fingerprint density at radius 1 is 0.313 bits per heavy atom. The van der Waals surface area contributed by atoms with Crippen molar-refractivity contribution in [2.45, 2.75) is 0 Å². The number of rotatable bonds is 8. The summed E-state index contributed by atoms with van der Waals surface area (Å²) in [7, 11) is 0. The molecule has 3 nitrogen and oxygen atoms in total. The zero-order chi connectivity index (χ0) is 44.3. The smallest absolute Gasteiger partial charge is 0.143 e. The Morgan fingerprint density at radius 3 is 1.61 bits per heavy atom. The Kier molecular flexibility index (Phi) is 9.17. The average molecular weight is 855 g/mol. The fraction of sp³-hybridized carbons (Fsp3) is 0. The minimum absolute atomic E-state index is 0.884. The quantitative estimate of drug-likeness (QED) is 0.152. The number of nitrogens with zero attached hydrogens (tertiary/aromatic N) is 2. The lowest BCUT2D eigenvalue weighted by atomic mass is 9.95. The van der Waals surface area contributed by atoms with E-state index < -0.39 is 0 Å². The first kappa shape index (κ1) is 38.5. The van der Waals surface area contributed by atoms with E-state index >= 15 is 0 Å². The van der Waals surface area contributed by atoms with Gasteiger partial charge in [-0.1, -0.05) is 194 Å². The van der Waals surface area contributed by atoms with Gasteiger partial charge in [-0.2, -0.15) is 0 Å². The fourth-order valence-corrected chi connectivity index (χ4v) is 10.3. The SMILES string of the molecule is c1cc(-c2ccc(N(c3ccc(-c4ccccc4-n4c5ccccc5c5ccccc54)cc3)c3ccccc3-c3cccc4c3oc3ccccc34)cc2)cc(-c2cccc3ccccc23)c1. The largest absolute Gasteiger partial charge is 0.455 e. The molecule has 0 radical (unpaired) electrons. The van der Waals surface area contributed by atoms with Gasteiger partial charge < -0.3 is 13.9 Å². The van der Waals surface area contributed by atoms with E-state index in [0.717, 1.165) is 66.9 Å². The predicted molar refractivity (Wildman–Crippen MR) is 282 cm³/mol. The van der Waals surface area contributed by atoms with Crippen molar-refractivity contribution in [3.05, 3.63) is 255 Å². The number of furan rings is 1. The van der Waals surface area contributed by atoms with Crippen molar-refractivity contribution in [1.82, 2.24) is 4.57 Å². The molecular weight excluding hydrogens is 813 g/mol. The second-order valence-corrected chi connectivity index (χ2v) is 17.2. The molecule has 0 amide bonds. The first-order valence-corrected chi connectivity index (χ1v) is 22.9. The highest BCUT2D eigenvalue weighted by Crippen LogP contribution is 2.45. The fourth-order valence-electron chi connectivity index (χ4n) is 10.3. The van der Waals surface area contributed by atoms with E-state index in [1.165, 1.54) is 54.8 Å². The van der Waals surface area contributed by atoms with E-state index in [2.05, 4.69) is 258 Å². The summed E-state index contributed by atoms with van der Waals surface area (Å²) in [5.74, 6) is 0. The molecule has 0 N–H and O–H groups in total. The highest BCUT2D eigenvalue weighted by molar-refractivity contribution is 6.11. The summed E-state index contributed by atoms with van der Waals surface area (Å²) < 4.78 is 9.06. The van der Waals surface area contributed by atoms with Crippen LogP contribution in [-0.4, -0.2) is 4.57 Å². The molecule has 13 aromatic rings. The molecule has 2 heterocycles. The van der Waals surface area contributed by atoms with Gasteiger partial charge in [0.25, 0.3) is 0 Å². The third kappa shape index (κ3) is 6.51. The Balaban J connectivity index is 0.943. The molecule has 0 saturated heterocycles. The molecule has 0 aliphatic rings. The van der Waals surface area contributed by atoms with Crippen LogP contribution in [0.25, 0.3) is 105 Å². The molecule has 13 rings (SSSR count). The summed E-state index contributed by atoms with van der Waals surface area (Å²) in [6, 6.07) is 91.8. The maximum atomic E-state index is 6.65. The second kappa shape index (κ2) is 16.0. The number of para-hydroxylation sites is 6. The Labute approximate surface area is 388 Å². The van der Waals surface area contributed by atoms with Crippen molar-refractivity contribution in [3.8, 4) is 50.2 Å². The molecule has 0 atom stereocenters. The van der Waals surface area contributed by atoms with Crippen molar-refractivity contribution in [2.24, 2.45) is 0 Å². The van der Waals surface area contributed by atoms with Crippen LogP contribution in [0.2, 0.25) is 0 Å². The van der Waals surface area contributed by atoms with Gasteiger partial charge in [0.1, 0.15) is 11.2 Å². The Bertz CT molecular complexity index is 3930. The highest BCUT2D eigenvalue weighted by atomic mass is 16.3. The first-order valence-electron chi connectivity index (χ1n) is 22.9. The number of hydrogen-bond donors (Lipinski definition) is 0. The molecule has 2 aromatic heterocycles. The lowest BCUT2D eigenvalue weighted by molar-refractivity contribution is 0.670. The number of hydrogen-bond acceptors (Lipinski definition) is 2. The summed E-state index contributed by atoms with van der Waals surface area (Å²) >= 11 is 0. The van der Waals surface area contributed by atoms with Gasteiger partial charge in [-0.15, -0.1) is 0 Å². The lowest BCUT2D eigenvalue weighted by Crippen LogP contribution is -2.11. The molecule has 0 spiro atoms. The van der Waals surface area contributed by atoms with Crippen molar-refractivity contribution < 1.29 is 4.42 Å². The van der Waals surface area contributed by atoms with E-state index in [4.69, 9.17) is 4.42 Å². The van der Waals surface area contributed by atoms with Crippen LogP contribution in [0.15, 0.2) is 259 Å². The normalized spacial score (nSPS) is 11.6. The topological polar surface area (TPSA) is 21.3 Å². The van der Waals surface area contributed by atoms with Crippen LogP contribution < -0.4 is 4.90 Å². The predicted octanol–water partition coefficient (Wildman–Crippen LogP) is 18.0. The van der Waals surface area contributed by atoms with Crippen molar-refractivity contribution in [3.63, 3.8) is 0 Å². The van der Waals surface area contributed by atoms with Crippen LogP contribution in [0.3, 0.4) is 0 Å². The average Bonchev–Trinajstić information content (AvgIpc) is 3.95. The van der Waals surface area contributed by atoms with Gasteiger partial charge in [-0.25, -0.2) is 0 Å². The number of benzene rings is 11. The first-order chi connectivity index (χ1) is 33.2. The monoisotopic (exact) mass is 854 g/mol. The molecule has 11 aromatic carbocycles. The zero-order valence-corrected chi connectivity index (χ0v) is 36.6. The lowest BCUT2D eigenvalue weighted by Gasteiger charge is -2.28. The minimum Gasteiger partial charge on any atom is -0.455 e. The third-order valence-electron chi connectivity index (χ3n) is 13.4. The summed E-state index contributed by atoms with van der Waals surface area (Å²) in [5.41, 5.74) is 17.7. The molecule has 0 bridgehead atoms. The number of aromatic nitrogens is 1. The van der Waals surface area contributed by atoms with E-state index in [-0.39, 0.29) is 0 Å². The van der Waals surface area contributed by atoms with E-state index in [1.807, 2.05) is 6.07 Å². The number of fused-ring (bicyclic) bond motifs is 7. The van der Waals surface area contributed by atoms with Gasteiger partial charge in [0, 0.05) is 49.6 Å². The van der Waals surface area contributed by atoms with Gasteiger partial charge in [0.2, 0.25) is 0 Å². The molecule has 314 valence electrons. The molecule has 0 unspecified atom stereocenters. The maximum absolute atomic E-state index is 6.65. The number of anilines is 3. The van der Waals surface area contributed by atoms with Crippen molar-refractivity contribution >= 4 is 71.6 Å². The molecular formula is C64H42N2O. The van der Waals surface area contributed by atoms with E-state index in [0.29, 0.717) is 0 Å². The van der Waals surface area contributed by atoms with Crippen LogP contribution in [0.4, 0.5) is 17.1 Å². The molecule has 0 aliphatic carbocycles. The van der Waals surface area contributed by atoms with E-state index in [1.54, 1.807) is 0 Å². The van der Waals surface area contributed by atoms with Crippen LogP contribution in [-0.2, 0) is 0 Å². The van der Waals surface area contributed by atoms with Gasteiger partial charge in [-0.3, -0.25) is 0 Å². The third-order valence-corrected chi connectivity index (χ3v) is 13.4. The van der Waals surface area contributed by atoms with Gasteiger partial charge >= 0.3 is 0 Å². The maximum Gasteiger partial charge on any atom is 0.143 e. The van der Waals surface area contributed by atoms with Gasteiger partial charge in [-0.05, 0) is 99.3 Å². The van der Waals surface area contributed by atoms with Crippen molar-refractivity contribution in [2.75, 3.05) is 4.90 Å². The summed E-state index contributed by atoms with van der Waals surface area (Å²) in [5, 5.41) is 7.22. The standard InChI is InChI=1S/C64H42N2O/c1-2-20-50-44(16-1)17-14-26-51(50)47-19-13-18-46(42-47)43-34-38-48(39-35-43)65(60-30-9-6-24-55(60)57-27-15-28-58-56-25-7-12-33-63(56)67-64(57)58)49-40-36-45(37-41-49)52-21-3-8-29-59(52)66-61-31-10-4-22-53(61)54-23-5-11-32-62(54)66/h1-42H. The Hall–Kier alpha value is -8.92. The molecule has 0 aliphatic heterocycles. The molecule has 0 saturated carbocycles. The summed E-state index contributed by atoms with van der Waals surface area (Å²) in [6.07, 6.45) is 0. The zero-order valence-electron chi connectivity index (χ0n) is 36.6. The molecule has 0 fully saturated rings. The molecule has 67 heavy (non-hydrogen) atoms. The summed E-state index contributed by atoms with van der Waals surface area (Å²) in [6.45, 7) is 0. The Morgan fingerprint density at radius 2 is 0.836 bits per heavy atom. The van der Waals surface area contributed by atoms with Crippen LogP contribution >= 0.6 is 0 Å².